The Labute approximate surface area is 82.7 Å². The lowest BCUT2D eigenvalue weighted by Crippen LogP contribution is -2.14. The lowest BCUT2D eigenvalue weighted by atomic mass is 10.2. The molecule has 0 aliphatic heterocycles. The minimum atomic E-state index is -0.298. The van der Waals surface area contributed by atoms with Gasteiger partial charge in [0, 0.05) is 5.56 Å². The summed E-state index contributed by atoms with van der Waals surface area (Å²) in [4.78, 5) is 21.6. The van der Waals surface area contributed by atoms with Crippen LogP contribution in [0, 0.1) is 5.92 Å². The number of aldehydes is 1. The van der Waals surface area contributed by atoms with E-state index in [4.69, 9.17) is 4.74 Å². The Morgan fingerprint density at radius 3 is 2.71 bits per heavy atom. The highest BCUT2D eigenvalue weighted by Gasteiger charge is 2.09. The molecule has 0 saturated carbocycles. The van der Waals surface area contributed by atoms with E-state index in [1.165, 1.54) is 6.07 Å². The molecule has 3 heteroatoms. The molecule has 0 atom stereocenters. The fourth-order valence-corrected chi connectivity index (χ4v) is 0.885. The van der Waals surface area contributed by atoms with Crippen LogP contribution in [-0.2, 0) is 4.79 Å². The zero-order valence-electron chi connectivity index (χ0n) is 8.19. The molecule has 0 bridgehead atoms. The third-order valence-corrected chi connectivity index (χ3v) is 1.68. The van der Waals surface area contributed by atoms with Crippen molar-refractivity contribution in [3.05, 3.63) is 29.8 Å². The maximum absolute atomic E-state index is 11.2. The summed E-state index contributed by atoms with van der Waals surface area (Å²) in [6, 6.07) is 6.51. The predicted octanol–water partition coefficient (Wildman–Crippen LogP) is 2.06. The molecule has 14 heavy (non-hydrogen) atoms. The normalized spacial score (nSPS) is 9.93. The van der Waals surface area contributed by atoms with E-state index in [9.17, 15) is 9.59 Å². The van der Waals surface area contributed by atoms with Gasteiger partial charge in [-0.3, -0.25) is 9.59 Å². The average Bonchev–Trinajstić information content (AvgIpc) is 2.18. The van der Waals surface area contributed by atoms with Crippen molar-refractivity contribution in [1.82, 2.24) is 0 Å². The smallest absolute Gasteiger partial charge is 0.313 e. The number of ether oxygens (including phenoxy) is 1. The van der Waals surface area contributed by atoms with Gasteiger partial charge in [-0.2, -0.15) is 0 Å². The largest absolute Gasteiger partial charge is 0.426 e. The van der Waals surface area contributed by atoms with Crippen LogP contribution in [0.2, 0.25) is 0 Å². The van der Waals surface area contributed by atoms with Gasteiger partial charge in [0.2, 0.25) is 0 Å². The van der Waals surface area contributed by atoms with Crippen molar-refractivity contribution in [2.45, 2.75) is 13.8 Å². The van der Waals surface area contributed by atoms with Crippen molar-refractivity contribution in [3.8, 4) is 5.75 Å². The molecule has 0 radical (unpaired) electrons. The first kappa shape index (κ1) is 10.4. The van der Waals surface area contributed by atoms with Crippen LogP contribution in [0.4, 0.5) is 0 Å². The number of carbonyl (C=O) groups is 2. The topological polar surface area (TPSA) is 43.4 Å². The SMILES string of the molecule is CC(C)C(=O)Oc1cccc(C=O)c1. The molecule has 0 fully saturated rings. The third-order valence-electron chi connectivity index (χ3n) is 1.68. The minimum absolute atomic E-state index is 0.171. The summed E-state index contributed by atoms with van der Waals surface area (Å²) in [5.74, 6) is -0.0590. The quantitative estimate of drug-likeness (QED) is 0.418. The van der Waals surface area contributed by atoms with Crippen molar-refractivity contribution in [2.75, 3.05) is 0 Å². The summed E-state index contributed by atoms with van der Waals surface area (Å²) in [5.41, 5.74) is 0.499. The van der Waals surface area contributed by atoms with E-state index in [2.05, 4.69) is 0 Å². The highest BCUT2D eigenvalue weighted by molar-refractivity contribution is 5.77. The first-order valence-corrected chi connectivity index (χ1v) is 4.40. The summed E-state index contributed by atoms with van der Waals surface area (Å²) in [6.45, 7) is 3.51. The van der Waals surface area contributed by atoms with Crippen molar-refractivity contribution < 1.29 is 14.3 Å². The van der Waals surface area contributed by atoms with Crippen LogP contribution in [0.3, 0.4) is 0 Å². The number of hydrogen-bond acceptors (Lipinski definition) is 3. The minimum Gasteiger partial charge on any atom is -0.426 e. The van der Waals surface area contributed by atoms with Crippen LogP contribution in [0.15, 0.2) is 24.3 Å². The van der Waals surface area contributed by atoms with E-state index in [1.807, 2.05) is 0 Å². The first-order valence-electron chi connectivity index (χ1n) is 4.40. The summed E-state index contributed by atoms with van der Waals surface area (Å²) < 4.78 is 5.02. The van der Waals surface area contributed by atoms with E-state index < -0.39 is 0 Å². The molecule has 0 spiro atoms. The van der Waals surface area contributed by atoms with Crippen molar-refractivity contribution in [3.63, 3.8) is 0 Å². The molecule has 0 aliphatic rings. The van der Waals surface area contributed by atoms with Gasteiger partial charge in [-0.15, -0.1) is 0 Å². The molecule has 74 valence electrons. The van der Waals surface area contributed by atoms with Crippen LogP contribution < -0.4 is 4.74 Å². The van der Waals surface area contributed by atoms with Gasteiger partial charge in [-0.25, -0.2) is 0 Å². The predicted molar refractivity (Wildman–Crippen MR) is 52.3 cm³/mol. The first-order chi connectivity index (χ1) is 6.63. The molecule has 1 aromatic rings. The molecular weight excluding hydrogens is 180 g/mol. The second-order valence-electron chi connectivity index (χ2n) is 3.27. The molecule has 0 N–H and O–H groups in total. The van der Waals surface area contributed by atoms with Crippen LogP contribution in [0.1, 0.15) is 24.2 Å². The maximum Gasteiger partial charge on any atom is 0.313 e. The monoisotopic (exact) mass is 192 g/mol. The van der Waals surface area contributed by atoms with Crippen molar-refractivity contribution >= 4 is 12.3 Å². The Balaban J connectivity index is 2.76. The molecule has 0 saturated heterocycles. The fourth-order valence-electron chi connectivity index (χ4n) is 0.885. The number of carbonyl (C=O) groups excluding carboxylic acids is 2. The van der Waals surface area contributed by atoms with Crippen LogP contribution in [-0.4, -0.2) is 12.3 Å². The fraction of sp³-hybridized carbons (Fsp3) is 0.273. The maximum atomic E-state index is 11.2. The lowest BCUT2D eigenvalue weighted by molar-refractivity contribution is -0.137. The number of esters is 1. The highest BCUT2D eigenvalue weighted by atomic mass is 16.5. The zero-order valence-corrected chi connectivity index (χ0v) is 8.19. The van der Waals surface area contributed by atoms with Gasteiger partial charge in [0.25, 0.3) is 0 Å². The molecule has 0 amide bonds. The lowest BCUT2D eigenvalue weighted by Gasteiger charge is -2.06. The summed E-state index contributed by atoms with van der Waals surface area (Å²) >= 11 is 0. The Morgan fingerprint density at radius 1 is 1.43 bits per heavy atom. The van der Waals surface area contributed by atoms with Gasteiger partial charge >= 0.3 is 5.97 Å². The Morgan fingerprint density at radius 2 is 2.14 bits per heavy atom. The van der Waals surface area contributed by atoms with Gasteiger partial charge < -0.3 is 4.74 Å². The van der Waals surface area contributed by atoms with Gasteiger partial charge in [-0.05, 0) is 12.1 Å². The van der Waals surface area contributed by atoms with Crippen LogP contribution in [0.25, 0.3) is 0 Å². The molecule has 0 aliphatic carbocycles. The van der Waals surface area contributed by atoms with E-state index in [0.29, 0.717) is 17.6 Å². The molecule has 1 rings (SSSR count). The zero-order chi connectivity index (χ0) is 10.6. The van der Waals surface area contributed by atoms with E-state index in [1.54, 1.807) is 32.0 Å². The highest BCUT2D eigenvalue weighted by Crippen LogP contribution is 2.13. The molecule has 0 aromatic heterocycles. The van der Waals surface area contributed by atoms with Gasteiger partial charge in [0.05, 0.1) is 5.92 Å². The van der Waals surface area contributed by atoms with Gasteiger partial charge in [0.15, 0.2) is 0 Å². The van der Waals surface area contributed by atoms with E-state index in [-0.39, 0.29) is 11.9 Å². The molecule has 0 unspecified atom stereocenters. The standard InChI is InChI=1S/C11H12O3/c1-8(2)11(13)14-10-5-3-4-9(6-10)7-12/h3-8H,1-2H3. The van der Waals surface area contributed by atoms with E-state index >= 15 is 0 Å². The summed E-state index contributed by atoms with van der Waals surface area (Å²) in [6.07, 6.45) is 0.715. The Bertz CT molecular complexity index is 342. The molecule has 3 nitrogen and oxygen atoms in total. The van der Waals surface area contributed by atoms with Crippen molar-refractivity contribution in [1.29, 1.82) is 0 Å². The number of rotatable bonds is 3. The van der Waals surface area contributed by atoms with Crippen LogP contribution in [0.5, 0.6) is 5.75 Å². The second kappa shape index (κ2) is 4.56. The summed E-state index contributed by atoms with van der Waals surface area (Å²) in [5, 5.41) is 0. The van der Waals surface area contributed by atoms with Crippen molar-refractivity contribution in [2.24, 2.45) is 5.92 Å². The van der Waals surface area contributed by atoms with E-state index in [0.717, 1.165) is 0 Å². The van der Waals surface area contributed by atoms with Gasteiger partial charge in [-0.1, -0.05) is 26.0 Å². The average molecular weight is 192 g/mol. The molecule has 0 heterocycles. The van der Waals surface area contributed by atoms with Crippen LogP contribution >= 0.6 is 0 Å². The second-order valence-corrected chi connectivity index (χ2v) is 3.27. The molecular formula is C11H12O3. The Hall–Kier alpha value is -1.64. The number of benzene rings is 1. The number of hydrogen-bond donors (Lipinski definition) is 0. The van der Waals surface area contributed by atoms with Gasteiger partial charge in [0.1, 0.15) is 12.0 Å². The molecule has 1 aromatic carbocycles. The summed E-state index contributed by atoms with van der Waals surface area (Å²) in [7, 11) is 0. The third kappa shape index (κ3) is 2.69. The Kier molecular flexibility index (Phi) is 3.40.